The zero-order valence-electron chi connectivity index (χ0n) is 13.7. The fourth-order valence-corrected chi connectivity index (χ4v) is 1.32. The molecule has 1 nitrogen and oxygen atoms in total. The molecule has 0 saturated heterocycles. The first-order valence-electron chi connectivity index (χ1n) is 6.80. The standard InChI is InChI=1S/C10H15N.C5H5.C4H7.Zr/c1-10(2,11(3)4)9-7-5-6-8-9;1-2-4-5-3-1;1-3-4-2;/h5-8H,3H2,1-2,4H3;1-5H;3-4H,1H2,2H3;/q-1;;-1;+4/b;;4-3+;. The minimum absolute atomic E-state index is 0. The van der Waals surface area contributed by atoms with E-state index in [-0.39, 0.29) is 31.7 Å². The van der Waals surface area contributed by atoms with Crippen LogP contribution in [0.3, 0.4) is 0 Å². The summed E-state index contributed by atoms with van der Waals surface area (Å²) in [7, 11) is 5.89. The SMILES string of the molecule is [CH2-]/C=C/C.[CH2-]N(C)C(C)(C)[C]1[CH][CH][CH][CH]1.[CH]1[CH][CH][CH][CH]1.[Zr+4]. The van der Waals surface area contributed by atoms with Crippen LogP contribution in [0, 0.1) is 77.7 Å². The fraction of sp³-hybridized carbons (Fsp3) is 0.263. The smallest absolute Gasteiger partial charge is 0.457 e. The molecule has 0 atom stereocenters. The minimum atomic E-state index is 0. The summed E-state index contributed by atoms with van der Waals surface area (Å²) in [5.41, 5.74) is 0.0451. The van der Waals surface area contributed by atoms with Crippen LogP contribution in [0.2, 0.25) is 0 Å². The molecule has 0 heterocycles. The van der Waals surface area contributed by atoms with Crippen molar-refractivity contribution in [1.29, 1.82) is 0 Å². The fourth-order valence-electron chi connectivity index (χ4n) is 1.32. The first-order valence-corrected chi connectivity index (χ1v) is 6.80. The maximum Gasteiger partial charge on any atom is 4.00 e. The van der Waals surface area contributed by atoms with Gasteiger partial charge in [-0.1, -0.05) is 0 Å². The molecular formula is C19H27NZr+2. The quantitative estimate of drug-likeness (QED) is 0.663. The van der Waals surface area contributed by atoms with Crippen molar-refractivity contribution < 1.29 is 26.2 Å². The summed E-state index contributed by atoms with van der Waals surface area (Å²) >= 11 is 0. The molecule has 2 aliphatic carbocycles. The Hall–Kier alpha value is 0.453. The van der Waals surface area contributed by atoms with Crippen molar-refractivity contribution in [1.82, 2.24) is 4.90 Å². The van der Waals surface area contributed by atoms with Crippen LogP contribution >= 0.6 is 0 Å². The van der Waals surface area contributed by atoms with E-state index in [4.69, 9.17) is 0 Å². The molecule has 10 radical (unpaired) electrons. The predicted molar refractivity (Wildman–Crippen MR) is 89.3 cm³/mol. The molecule has 0 aromatic carbocycles. The van der Waals surface area contributed by atoms with Crippen molar-refractivity contribution >= 4 is 0 Å². The third-order valence-electron chi connectivity index (χ3n) is 3.11. The number of allylic oxidation sites excluding steroid dienone is 2. The van der Waals surface area contributed by atoms with Gasteiger partial charge in [-0.05, 0) is 84.2 Å². The monoisotopic (exact) mass is 359 g/mol. The minimum Gasteiger partial charge on any atom is -0.457 e. The Morgan fingerprint density at radius 1 is 0.952 bits per heavy atom. The van der Waals surface area contributed by atoms with Crippen molar-refractivity contribution in [3.63, 3.8) is 0 Å². The molecule has 0 unspecified atom stereocenters. The van der Waals surface area contributed by atoms with Gasteiger partial charge in [-0.2, -0.15) is 0 Å². The molecule has 2 aliphatic rings. The van der Waals surface area contributed by atoms with E-state index in [9.17, 15) is 0 Å². The molecule has 0 aliphatic heterocycles. The van der Waals surface area contributed by atoms with Crippen LogP contribution in [-0.4, -0.2) is 17.5 Å². The summed E-state index contributed by atoms with van der Waals surface area (Å²) in [4.78, 5) is 1.97. The molecule has 0 aromatic heterocycles. The van der Waals surface area contributed by atoms with E-state index in [0.717, 1.165) is 0 Å². The van der Waals surface area contributed by atoms with Crippen LogP contribution in [0.4, 0.5) is 0 Å². The van der Waals surface area contributed by atoms with Crippen molar-refractivity contribution in [2.45, 2.75) is 26.3 Å². The average molecular weight is 361 g/mol. The number of hydrogen-bond acceptors (Lipinski definition) is 1. The largest absolute Gasteiger partial charge is 4.00 e. The Labute approximate surface area is 154 Å². The second kappa shape index (κ2) is 14.1. The number of rotatable bonds is 2. The van der Waals surface area contributed by atoms with Crippen LogP contribution < -0.4 is 0 Å². The Bertz CT molecular complexity index is 224. The summed E-state index contributed by atoms with van der Waals surface area (Å²) in [6, 6.07) is 0. The van der Waals surface area contributed by atoms with Gasteiger partial charge in [-0.15, -0.1) is 6.92 Å². The van der Waals surface area contributed by atoms with Crippen LogP contribution in [0.25, 0.3) is 0 Å². The summed E-state index contributed by atoms with van der Waals surface area (Å²) in [6.45, 7) is 9.69. The van der Waals surface area contributed by atoms with Gasteiger partial charge in [0.1, 0.15) is 0 Å². The molecule has 0 bridgehead atoms. The van der Waals surface area contributed by atoms with E-state index in [1.54, 1.807) is 6.08 Å². The van der Waals surface area contributed by atoms with E-state index in [0.29, 0.717) is 0 Å². The van der Waals surface area contributed by atoms with Gasteiger partial charge in [0, 0.05) is 5.92 Å². The molecule has 2 saturated carbocycles. The number of nitrogens with zero attached hydrogens (tertiary/aromatic N) is 1. The van der Waals surface area contributed by atoms with Gasteiger partial charge in [0.15, 0.2) is 0 Å². The van der Waals surface area contributed by atoms with Gasteiger partial charge in [-0.25, -0.2) is 19.1 Å². The van der Waals surface area contributed by atoms with Gasteiger partial charge in [0.2, 0.25) is 0 Å². The summed E-state index contributed by atoms with van der Waals surface area (Å²) in [5, 5.41) is 0. The van der Waals surface area contributed by atoms with Gasteiger partial charge in [-0.3, -0.25) is 7.05 Å². The summed E-state index contributed by atoms with van der Waals surface area (Å²) in [5.74, 6) is 1.31. The molecule has 2 heteroatoms. The summed E-state index contributed by atoms with van der Waals surface area (Å²) in [6.07, 6.45) is 22.0. The van der Waals surface area contributed by atoms with E-state index in [1.807, 2.05) is 57.1 Å². The third kappa shape index (κ3) is 10.8. The first-order chi connectivity index (χ1) is 9.46. The van der Waals surface area contributed by atoms with Crippen molar-refractivity contribution in [2.75, 3.05) is 7.05 Å². The Kier molecular flexibility index (Phi) is 15.9. The van der Waals surface area contributed by atoms with Crippen molar-refractivity contribution in [3.8, 4) is 0 Å². The van der Waals surface area contributed by atoms with Crippen molar-refractivity contribution in [3.05, 3.63) is 89.8 Å². The molecule has 0 spiro atoms. The molecule has 0 amide bonds. The topological polar surface area (TPSA) is 3.24 Å². The van der Waals surface area contributed by atoms with Gasteiger partial charge >= 0.3 is 26.2 Å². The Morgan fingerprint density at radius 3 is 1.52 bits per heavy atom. The van der Waals surface area contributed by atoms with E-state index < -0.39 is 0 Å². The van der Waals surface area contributed by atoms with Crippen molar-refractivity contribution in [2.24, 2.45) is 0 Å². The number of hydrogen-bond donors (Lipinski definition) is 0. The zero-order valence-corrected chi connectivity index (χ0v) is 16.2. The molecule has 2 rings (SSSR count). The molecule has 0 N–H and O–H groups in total. The van der Waals surface area contributed by atoms with Gasteiger partial charge in [0.05, 0.1) is 0 Å². The Morgan fingerprint density at radius 2 is 1.29 bits per heavy atom. The second-order valence-corrected chi connectivity index (χ2v) is 4.96. The molecular weight excluding hydrogens is 333 g/mol. The van der Waals surface area contributed by atoms with E-state index >= 15 is 0 Å². The average Bonchev–Trinajstić information content (AvgIpc) is 3.13. The zero-order chi connectivity index (χ0) is 15.4. The first kappa shape index (κ1) is 23.7. The third-order valence-corrected chi connectivity index (χ3v) is 3.11. The normalized spacial score (nSPS) is 18.8. The second-order valence-electron chi connectivity index (χ2n) is 4.96. The van der Waals surface area contributed by atoms with Crippen LogP contribution in [0.15, 0.2) is 12.2 Å². The Balaban J connectivity index is 0. The van der Waals surface area contributed by atoms with Gasteiger partial charge < -0.3 is 4.90 Å². The van der Waals surface area contributed by atoms with Crippen LogP contribution in [0.1, 0.15) is 20.8 Å². The maximum atomic E-state index is 3.90. The maximum absolute atomic E-state index is 3.90. The van der Waals surface area contributed by atoms with Crippen LogP contribution in [0.5, 0.6) is 0 Å². The van der Waals surface area contributed by atoms with E-state index in [1.165, 1.54) is 5.92 Å². The molecule has 0 aromatic rings. The van der Waals surface area contributed by atoms with Crippen LogP contribution in [-0.2, 0) is 26.2 Å². The molecule has 2 fully saturated rings. The van der Waals surface area contributed by atoms with Gasteiger partial charge in [0.25, 0.3) is 0 Å². The molecule has 21 heavy (non-hydrogen) atoms. The predicted octanol–water partition coefficient (Wildman–Crippen LogP) is 4.31. The molecule has 110 valence electrons. The van der Waals surface area contributed by atoms with E-state index in [2.05, 4.69) is 53.5 Å². The summed E-state index contributed by atoms with van der Waals surface area (Å²) < 4.78 is 0.